The zero-order chi connectivity index (χ0) is 14.8. The molecule has 1 aliphatic rings. The van der Waals surface area contributed by atoms with E-state index in [4.69, 9.17) is 23.2 Å². The van der Waals surface area contributed by atoms with Crippen LogP contribution in [-0.4, -0.2) is 27.3 Å². The van der Waals surface area contributed by atoms with E-state index in [-0.39, 0.29) is 11.7 Å². The molecule has 0 amide bonds. The molecule has 0 aliphatic carbocycles. The maximum atomic E-state index is 12.2. The van der Waals surface area contributed by atoms with E-state index < -0.39 is 10.0 Å². The number of sulfonamides is 1. The zero-order valence-corrected chi connectivity index (χ0v) is 13.6. The molecule has 0 radical (unpaired) electrons. The highest BCUT2D eigenvalue weighted by molar-refractivity contribution is 7.92. The molecule has 7 heteroatoms. The van der Waals surface area contributed by atoms with Crippen molar-refractivity contribution in [1.82, 2.24) is 5.32 Å². The summed E-state index contributed by atoms with van der Waals surface area (Å²) in [5.74, 6) is 0.310. The highest BCUT2D eigenvalue weighted by Crippen LogP contribution is 2.30. The highest BCUT2D eigenvalue weighted by atomic mass is 35.5. The van der Waals surface area contributed by atoms with Crippen molar-refractivity contribution in [2.45, 2.75) is 19.8 Å². The molecule has 0 unspecified atom stereocenters. The third-order valence-corrected chi connectivity index (χ3v) is 5.59. The summed E-state index contributed by atoms with van der Waals surface area (Å²) < 4.78 is 26.9. The average Bonchev–Trinajstić information content (AvgIpc) is 2.36. The quantitative estimate of drug-likeness (QED) is 0.888. The number of anilines is 1. The fourth-order valence-electron chi connectivity index (χ4n) is 2.29. The molecule has 0 aromatic heterocycles. The summed E-state index contributed by atoms with van der Waals surface area (Å²) in [6, 6.07) is 3.21. The molecule has 1 aromatic carbocycles. The van der Waals surface area contributed by atoms with Gasteiger partial charge in [-0.05, 0) is 56.5 Å². The molecule has 1 aliphatic heterocycles. The zero-order valence-electron chi connectivity index (χ0n) is 11.2. The maximum absolute atomic E-state index is 12.2. The molecular weight excluding hydrogens is 319 g/mol. The third-order valence-electron chi connectivity index (χ3n) is 3.43. The van der Waals surface area contributed by atoms with Crippen LogP contribution in [0.3, 0.4) is 0 Å². The normalized spacial score (nSPS) is 17.1. The second-order valence-electron chi connectivity index (χ2n) is 5.16. The second-order valence-corrected chi connectivity index (χ2v) is 7.74. The van der Waals surface area contributed by atoms with Gasteiger partial charge >= 0.3 is 0 Å². The second kappa shape index (κ2) is 6.52. The van der Waals surface area contributed by atoms with Gasteiger partial charge in [-0.25, -0.2) is 8.42 Å². The van der Waals surface area contributed by atoms with Crippen LogP contribution in [0, 0.1) is 12.8 Å². The molecule has 0 saturated carbocycles. The number of aryl methyl sites for hydroxylation is 1. The van der Waals surface area contributed by atoms with E-state index in [0.717, 1.165) is 31.5 Å². The topological polar surface area (TPSA) is 58.2 Å². The van der Waals surface area contributed by atoms with Gasteiger partial charge in [0.15, 0.2) is 0 Å². The van der Waals surface area contributed by atoms with Crippen LogP contribution in [0.5, 0.6) is 0 Å². The minimum atomic E-state index is -3.41. The lowest BCUT2D eigenvalue weighted by Gasteiger charge is -2.22. The van der Waals surface area contributed by atoms with Crippen molar-refractivity contribution in [3.8, 4) is 0 Å². The minimum Gasteiger partial charge on any atom is -0.317 e. The van der Waals surface area contributed by atoms with Crippen molar-refractivity contribution >= 4 is 38.9 Å². The predicted molar refractivity (Wildman–Crippen MR) is 84.2 cm³/mol. The summed E-state index contributed by atoms with van der Waals surface area (Å²) in [6.07, 6.45) is 1.76. The Balaban J connectivity index is 2.09. The summed E-state index contributed by atoms with van der Waals surface area (Å²) in [5, 5.41) is 4.08. The van der Waals surface area contributed by atoms with Crippen molar-refractivity contribution < 1.29 is 8.42 Å². The highest BCUT2D eigenvalue weighted by Gasteiger charge is 2.22. The lowest BCUT2D eigenvalue weighted by molar-refractivity contribution is 0.402. The van der Waals surface area contributed by atoms with Crippen LogP contribution in [0.15, 0.2) is 12.1 Å². The van der Waals surface area contributed by atoms with Crippen molar-refractivity contribution in [1.29, 1.82) is 0 Å². The number of benzene rings is 1. The average molecular weight is 337 g/mol. The van der Waals surface area contributed by atoms with Crippen LogP contribution in [0.2, 0.25) is 10.0 Å². The first-order valence-electron chi connectivity index (χ1n) is 6.54. The van der Waals surface area contributed by atoms with Gasteiger partial charge in [-0.3, -0.25) is 4.72 Å². The van der Waals surface area contributed by atoms with Gasteiger partial charge in [0, 0.05) is 5.02 Å². The number of hydrogen-bond acceptors (Lipinski definition) is 3. The molecule has 1 fully saturated rings. The number of rotatable bonds is 4. The molecule has 2 N–H and O–H groups in total. The van der Waals surface area contributed by atoms with Crippen LogP contribution in [-0.2, 0) is 10.0 Å². The number of hydrogen-bond donors (Lipinski definition) is 2. The van der Waals surface area contributed by atoms with Gasteiger partial charge in [-0.15, -0.1) is 0 Å². The summed E-state index contributed by atoms with van der Waals surface area (Å²) in [5.41, 5.74) is 1.16. The lowest BCUT2D eigenvalue weighted by Crippen LogP contribution is -2.33. The molecule has 0 bridgehead atoms. The Kier molecular flexibility index (Phi) is 5.18. The van der Waals surface area contributed by atoms with Crippen molar-refractivity contribution in [3.05, 3.63) is 27.7 Å². The molecule has 1 saturated heterocycles. The van der Waals surface area contributed by atoms with Gasteiger partial charge in [-0.1, -0.05) is 23.2 Å². The van der Waals surface area contributed by atoms with E-state index in [1.165, 1.54) is 0 Å². The van der Waals surface area contributed by atoms with E-state index in [0.29, 0.717) is 15.7 Å². The summed E-state index contributed by atoms with van der Waals surface area (Å²) >= 11 is 12.1. The van der Waals surface area contributed by atoms with Crippen molar-refractivity contribution in [2.75, 3.05) is 23.6 Å². The molecule has 20 heavy (non-hydrogen) atoms. The molecular formula is C13H18Cl2N2O2S. The minimum absolute atomic E-state index is 0.122. The van der Waals surface area contributed by atoms with Gasteiger partial charge in [-0.2, -0.15) is 0 Å². The molecule has 112 valence electrons. The molecule has 0 spiro atoms. The maximum Gasteiger partial charge on any atom is 0.233 e. The predicted octanol–water partition coefficient (Wildman–Crippen LogP) is 3.04. The first kappa shape index (κ1) is 15.9. The Labute approximate surface area is 129 Å². The van der Waals surface area contributed by atoms with Crippen molar-refractivity contribution in [2.24, 2.45) is 5.92 Å². The van der Waals surface area contributed by atoms with Gasteiger partial charge in [0.25, 0.3) is 0 Å². The van der Waals surface area contributed by atoms with Gasteiger partial charge in [0.05, 0.1) is 16.5 Å². The van der Waals surface area contributed by atoms with Gasteiger partial charge in [0.1, 0.15) is 0 Å². The van der Waals surface area contributed by atoms with E-state index in [2.05, 4.69) is 10.0 Å². The summed E-state index contributed by atoms with van der Waals surface area (Å²) in [6.45, 7) is 3.57. The monoisotopic (exact) mass is 336 g/mol. The summed E-state index contributed by atoms with van der Waals surface area (Å²) in [7, 11) is -3.41. The molecule has 1 heterocycles. The van der Waals surface area contributed by atoms with E-state index >= 15 is 0 Å². The van der Waals surface area contributed by atoms with Gasteiger partial charge in [0.2, 0.25) is 10.0 Å². The molecule has 4 nitrogen and oxygen atoms in total. The van der Waals surface area contributed by atoms with E-state index in [9.17, 15) is 8.42 Å². The number of nitrogens with one attached hydrogen (secondary N) is 2. The Morgan fingerprint density at radius 3 is 2.55 bits per heavy atom. The fraction of sp³-hybridized carbons (Fsp3) is 0.538. The fourth-order valence-corrected chi connectivity index (χ4v) is 4.32. The SMILES string of the molecule is Cc1cc(Cl)c(NS(=O)(=O)CC2CCNCC2)cc1Cl. The Bertz CT molecular complexity index is 584. The smallest absolute Gasteiger partial charge is 0.233 e. The largest absolute Gasteiger partial charge is 0.317 e. The van der Waals surface area contributed by atoms with Crippen LogP contribution in [0.4, 0.5) is 5.69 Å². The molecule has 2 rings (SSSR count). The molecule has 1 aromatic rings. The molecule has 0 atom stereocenters. The van der Waals surface area contributed by atoms with Gasteiger partial charge < -0.3 is 5.32 Å². The Morgan fingerprint density at radius 2 is 1.90 bits per heavy atom. The first-order chi connectivity index (χ1) is 9.37. The lowest BCUT2D eigenvalue weighted by atomic mass is 10.0. The third kappa shape index (κ3) is 4.25. The van der Waals surface area contributed by atoms with Crippen molar-refractivity contribution in [3.63, 3.8) is 0 Å². The van der Waals surface area contributed by atoms with Crippen LogP contribution in [0.1, 0.15) is 18.4 Å². The van der Waals surface area contributed by atoms with Crippen LogP contribution >= 0.6 is 23.2 Å². The Morgan fingerprint density at radius 1 is 1.25 bits per heavy atom. The first-order valence-corrected chi connectivity index (χ1v) is 8.95. The standard InChI is InChI=1S/C13H18Cl2N2O2S/c1-9-6-12(15)13(7-11(9)14)17-20(18,19)8-10-2-4-16-5-3-10/h6-7,10,16-17H,2-5,8H2,1H3. The summed E-state index contributed by atoms with van der Waals surface area (Å²) in [4.78, 5) is 0. The van der Waals surface area contributed by atoms with Crippen LogP contribution in [0.25, 0.3) is 0 Å². The number of piperidine rings is 1. The van der Waals surface area contributed by atoms with E-state index in [1.807, 2.05) is 6.92 Å². The number of halogens is 2. The Hall–Kier alpha value is -0.490. The van der Waals surface area contributed by atoms with Crippen LogP contribution < -0.4 is 10.0 Å². The van der Waals surface area contributed by atoms with E-state index in [1.54, 1.807) is 12.1 Å².